The monoisotopic (exact) mass is 344 g/mol. The highest BCUT2D eigenvalue weighted by Gasteiger charge is 2.03. The van der Waals surface area contributed by atoms with Crippen LogP contribution in [-0.2, 0) is 16.1 Å². The minimum atomic E-state index is -0.0819. The molecule has 134 valence electrons. The van der Waals surface area contributed by atoms with E-state index < -0.39 is 0 Å². The van der Waals surface area contributed by atoms with Crippen molar-refractivity contribution < 1.29 is 19.0 Å². The lowest BCUT2D eigenvalue weighted by Gasteiger charge is -2.10. The Morgan fingerprint density at radius 1 is 1.00 bits per heavy atom. The summed E-state index contributed by atoms with van der Waals surface area (Å²) in [7, 11) is 3.26. The molecule has 0 aliphatic heterocycles. The quantitative estimate of drug-likeness (QED) is 0.648. The number of ether oxygens (including phenoxy) is 3. The SMILES string of the molecule is COCCOc1cccc(NCC(=O)NCc2ccc(OC)cc2)c1. The molecule has 0 spiro atoms. The van der Waals surface area contributed by atoms with Crippen LogP contribution in [0.2, 0.25) is 0 Å². The Morgan fingerprint density at radius 3 is 2.52 bits per heavy atom. The number of hydrogen-bond donors (Lipinski definition) is 2. The predicted octanol–water partition coefficient (Wildman–Crippen LogP) is 2.45. The molecule has 0 bridgehead atoms. The van der Waals surface area contributed by atoms with E-state index in [2.05, 4.69) is 10.6 Å². The van der Waals surface area contributed by atoms with Gasteiger partial charge in [0, 0.05) is 25.4 Å². The second-order valence-corrected chi connectivity index (χ2v) is 5.35. The second-order valence-electron chi connectivity index (χ2n) is 5.35. The molecule has 0 radical (unpaired) electrons. The fourth-order valence-electron chi connectivity index (χ4n) is 2.13. The van der Waals surface area contributed by atoms with Gasteiger partial charge in [0.25, 0.3) is 0 Å². The molecular formula is C19H24N2O4. The molecule has 0 unspecified atom stereocenters. The van der Waals surface area contributed by atoms with Gasteiger partial charge in [-0.05, 0) is 29.8 Å². The lowest BCUT2D eigenvalue weighted by Crippen LogP contribution is -2.29. The van der Waals surface area contributed by atoms with Crippen molar-refractivity contribution in [3.8, 4) is 11.5 Å². The molecule has 0 atom stereocenters. The van der Waals surface area contributed by atoms with Crippen molar-refractivity contribution in [3.05, 3.63) is 54.1 Å². The molecule has 0 heterocycles. The Balaban J connectivity index is 1.74. The van der Waals surface area contributed by atoms with Gasteiger partial charge in [-0.25, -0.2) is 0 Å². The van der Waals surface area contributed by atoms with Gasteiger partial charge in [-0.3, -0.25) is 4.79 Å². The summed E-state index contributed by atoms with van der Waals surface area (Å²) >= 11 is 0. The van der Waals surface area contributed by atoms with Gasteiger partial charge in [0.05, 0.1) is 20.3 Å². The van der Waals surface area contributed by atoms with Gasteiger partial charge in [0.15, 0.2) is 0 Å². The van der Waals surface area contributed by atoms with Crippen LogP contribution in [0.15, 0.2) is 48.5 Å². The van der Waals surface area contributed by atoms with Gasteiger partial charge >= 0.3 is 0 Å². The maximum atomic E-state index is 12.0. The number of carbonyl (C=O) groups is 1. The number of carbonyl (C=O) groups excluding carboxylic acids is 1. The molecule has 2 aromatic rings. The van der Waals surface area contributed by atoms with Crippen molar-refractivity contribution in [2.24, 2.45) is 0 Å². The van der Waals surface area contributed by atoms with E-state index in [1.165, 1.54) is 0 Å². The average Bonchev–Trinajstić information content (AvgIpc) is 2.66. The van der Waals surface area contributed by atoms with Crippen LogP contribution < -0.4 is 20.1 Å². The first-order chi connectivity index (χ1) is 12.2. The fourth-order valence-corrected chi connectivity index (χ4v) is 2.13. The van der Waals surface area contributed by atoms with Crippen molar-refractivity contribution in [1.29, 1.82) is 0 Å². The number of methoxy groups -OCH3 is 2. The second kappa shape index (κ2) is 10.2. The van der Waals surface area contributed by atoms with Crippen molar-refractivity contribution in [3.63, 3.8) is 0 Å². The Hall–Kier alpha value is -2.73. The van der Waals surface area contributed by atoms with Crippen molar-refractivity contribution in [1.82, 2.24) is 5.32 Å². The third-order valence-electron chi connectivity index (χ3n) is 3.49. The third kappa shape index (κ3) is 6.73. The standard InChI is InChI=1S/C19H24N2O4/c1-23-10-11-25-18-5-3-4-16(12-18)20-14-19(22)21-13-15-6-8-17(24-2)9-7-15/h3-9,12,20H,10-11,13-14H2,1-2H3,(H,21,22). The van der Waals surface area contributed by atoms with Gasteiger partial charge in [-0.1, -0.05) is 18.2 Å². The van der Waals surface area contributed by atoms with E-state index in [0.717, 1.165) is 22.7 Å². The molecular weight excluding hydrogens is 320 g/mol. The number of amides is 1. The lowest BCUT2D eigenvalue weighted by atomic mass is 10.2. The molecule has 6 heteroatoms. The van der Waals surface area contributed by atoms with Crippen molar-refractivity contribution >= 4 is 11.6 Å². The van der Waals surface area contributed by atoms with Crippen molar-refractivity contribution in [2.75, 3.05) is 39.3 Å². The molecule has 0 aromatic heterocycles. The zero-order chi connectivity index (χ0) is 17.9. The van der Waals surface area contributed by atoms with Crippen LogP contribution in [0, 0.1) is 0 Å². The zero-order valence-electron chi connectivity index (χ0n) is 14.6. The topological polar surface area (TPSA) is 68.8 Å². The largest absolute Gasteiger partial charge is 0.497 e. The van der Waals surface area contributed by atoms with Crippen LogP contribution in [0.5, 0.6) is 11.5 Å². The van der Waals surface area contributed by atoms with Crippen LogP contribution >= 0.6 is 0 Å². The van der Waals surface area contributed by atoms with E-state index in [4.69, 9.17) is 14.2 Å². The summed E-state index contributed by atoms with van der Waals surface area (Å²) in [5.74, 6) is 1.45. The van der Waals surface area contributed by atoms with Crippen molar-refractivity contribution in [2.45, 2.75) is 6.54 Å². The third-order valence-corrected chi connectivity index (χ3v) is 3.49. The Bertz CT molecular complexity index is 659. The molecule has 2 aromatic carbocycles. The summed E-state index contributed by atoms with van der Waals surface area (Å²) in [6, 6.07) is 15.1. The molecule has 0 fully saturated rings. The van der Waals surface area contributed by atoms with Crippen LogP contribution in [0.3, 0.4) is 0 Å². The Kier molecular flexibility index (Phi) is 7.59. The zero-order valence-corrected chi connectivity index (χ0v) is 14.6. The molecule has 0 saturated heterocycles. The summed E-state index contributed by atoms with van der Waals surface area (Å²) in [6.45, 7) is 1.69. The Morgan fingerprint density at radius 2 is 1.80 bits per heavy atom. The minimum absolute atomic E-state index is 0.0819. The number of hydrogen-bond acceptors (Lipinski definition) is 5. The first kappa shape index (κ1) is 18.6. The van der Waals surface area contributed by atoms with E-state index >= 15 is 0 Å². The summed E-state index contributed by atoms with van der Waals surface area (Å²) < 4.78 is 15.6. The number of nitrogens with one attached hydrogen (secondary N) is 2. The fraction of sp³-hybridized carbons (Fsp3) is 0.316. The van der Waals surface area contributed by atoms with Gasteiger partial charge in [-0.2, -0.15) is 0 Å². The molecule has 0 aliphatic rings. The molecule has 0 aliphatic carbocycles. The lowest BCUT2D eigenvalue weighted by molar-refractivity contribution is -0.119. The summed E-state index contributed by atoms with van der Waals surface area (Å²) in [5.41, 5.74) is 1.84. The summed E-state index contributed by atoms with van der Waals surface area (Å²) in [6.07, 6.45) is 0. The molecule has 0 saturated carbocycles. The summed E-state index contributed by atoms with van der Waals surface area (Å²) in [4.78, 5) is 12.0. The van der Waals surface area contributed by atoms with E-state index in [-0.39, 0.29) is 12.5 Å². The van der Waals surface area contributed by atoms with E-state index in [9.17, 15) is 4.79 Å². The number of benzene rings is 2. The smallest absolute Gasteiger partial charge is 0.239 e. The van der Waals surface area contributed by atoms with Gasteiger partial charge in [0.1, 0.15) is 18.1 Å². The van der Waals surface area contributed by atoms with Gasteiger partial charge in [-0.15, -0.1) is 0 Å². The number of anilines is 1. The molecule has 1 amide bonds. The van der Waals surface area contributed by atoms with E-state index in [1.54, 1.807) is 14.2 Å². The first-order valence-corrected chi connectivity index (χ1v) is 8.06. The van der Waals surface area contributed by atoms with E-state index in [1.807, 2.05) is 48.5 Å². The van der Waals surface area contributed by atoms with Crippen LogP contribution in [0.4, 0.5) is 5.69 Å². The minimum Gasteiger partial charge on any atom is -0.497 e. The van der Waals surface area contributed by atoms with Crippen LogP contribution in [0.25, 0.3) is 0 Å². The molecule has 2 N–H and O–H groups in total. The summed E-state index contributed by atoms with van der Waals surface area (Å²) in [5, 5.41) is 5.96. The molecule has 25 heavy (non-hydrogen) atoms. The average molecular weight is 344 g/mol. The van der Waals surface area contributed by atoms with Gasteiger partial charge < -0.3 is 24.8 Å². The Labute approximate surface area is 148 Å². The first-order valence-electron chi connectivity index (χ1n) is 8.06. The van der Waals surface area contributed by atoms with Crippen LogP contribution in [0.1, 0.15) is 5.56 Å². The normalized spacial score (nSPS) is 10.2. The van der Waals surface area contributed by atoms with Crippen LogP contribution in [-0.4, -0.2) is 39.9 Å². The maximum absolute atomic E-state index is 12.0. The highest BCUT2D eigenvalue weighted by atomic mass is 16.5. The molecule has 6 nitrogen and oxygen atoms in total. The maximum Gasteiger partial charge on any atom is 0.239 e. The highest BCUT2D eigenvalue weighted by Crippen LogP contribution is 2.17. The van der Waals surface area contributed by atoms with E-state index in [0.29, 0.717) is 19.8 Å². The number of rotatable bonds is 10. The predicted molar refractivity (Wildman–Crippen MR) is 97.1 cm³/mol. The highest BCUT2D eigenvalue weighted by molar-refractivity contribution is 5.80. The molecule has 2 rings (SSSR count). The van der Waals surface area contributed by atoms with Gasteiger partial charge in [0.2, 0.25) is 5.91 Å².